The molecule has 8 heterocycles. The van der Waals surface area contributed by atoms with E-state index in [1.54, 1.807) is 0 Å². The summed E-state index contributed by atoms with van der Waals surface area (Å²) in [5.41, 5.74) is 8.11. The van der Waals surface area contributed by atoms with Crippen molar-refractivity contribution < 1.29 is 242 Å². The van der Waals surface area contributed by atoms with Crippen molar-refractivity contribution in [1.29, 1.82) is 0 Å². The second-order valence-corrected chi connectivity index (χ2v) is 19.1. The quantitative estimate of drug-likeness (QED) is 0.148. The molecule has 0 fully saturated rings. The molecule has 8 aliphatic rings. The summed E-state index contributed by atoms with van der Waals surface area (Å²) in [5, 5.41) is 33.0. The van der Waals surface area contributed by atoms with Crippen LogP contribution in [0.25, 0.3) is 0 Å². The minimum absolute atomic E-state index is 0. The Balaban J connectivity index is -0.000000514. The van der Waals surface area contributed by atoms with Gasteiger partial charge in [-0.25, -0.2) is 114 Å². The molecule has 0 aliphatic carbocycles. The van der Waals surface area contributed by atoms with Gasteiger partial charge in [-0.1, -0.05) is 0 Å². The van der Waals surface area contributed by atoms with Crippen LogP contribution in [0, 0.1) is 41.0 Å². The zero-order valence-corrected chi connectivity index (χ0v) is 57.1. The van der Waals surface area contributed by atoms with E-state index >= 15 is 0 Å². The Morgan fingerprint density at radius 1 is 0.198 bits per heavy atom. The molecule has 4 aromatic rings. The second kappa shape index (κ2) is 54.0. The minimum Gasteiger partial charge on any atom is -0.857 e. The number of halogens is 4. The van der Waals surface area contributed by atoms with E-state index in [4.69, 9.17) is 133 Å². The molecule has 4 radical (unpaired) electrons. The van der Waals surface area contributed by atoms with Gasteiger partial charge in [-0.05, 0) is 97.1 Å². The van der Waals surface area contributed by atoms with Crippen LogP contribution in [0.1, 0.15) is 44.5 Å². The molecule has 0 amide bonds. The Labute approximate surface area is 600 Å². The van der Waals surface area contributed by atoms with Crippen molar-refractivity contribution in [3.63, 3.8) is 0 Å². The van der Waals surface area contributed by atoms with E-state index in [0.717, 1.165) is 172 Å². The van der Waals surface area contributed by atoms with E-state index in [1.807, 2.05) is 97.1 Å². The zero-order chi connectivity index (χ0) is 69.2. The van der Waals surface area contributed by atoms with E-state index in [2.05, 4.69) is 39.9 Å². The Hall–Kier alpha value is -4.92. The molecular weight excluding hydrogens is 1580 g/mol. The summed E-state index contributed by atoms with van der Waals surface area (Å²) in [6.07, 6.45) is 0. The molecule has 0 spiro atoms. The third kappa shape index (κ3) is 45.6. The number of aliphatic imine (C=N–C) groups is 8. The molecule has 0 saturated heterocycles. The first kappa shape index (κ1) is 97.5. The maximum absolute atomic E-state index is 8.49. The van der Waals surface area contributed by atoms with E-state index in [9.17, 15) is 0 Å². The molecule has 0 bridgehead atoms. The first-order valence-electron chi connectivity index (χ1n) is 25.6. The number of hydrogen-bond acceptors (Lipinski definition) is 36. The van der Waals surface area contributed by atoms with Crippen LogP contribution in [0.5, 0.6) is 0 Å². The van der Waals surface area contributed by atoms with Crippen molar-refractivity contribution >= 4 is 47.2 Å². The molecule has 0 saturated carbocycles. The van der Waals surface area contributed by atoms with Gasteiger partial charge in [0.05, 0.1) is 52.4 Å². The van der Waals surface area contributed by atoms with Crippen molar-refractivity contribution in [2.75, 3.05) is 134 Å². The predicted molar refractivity (Wildman–Crippen MR) is 268 cm³/mol. The largest absolute Gasteiger partial charge is 2.00 e. The van der Waals surface area contributed by atoms with Gasteiger partial charge in [-0.2, -0.15) is 28.4 Å². The summed E-state index contributed by atoms with van der Waals surface area (Å²) < 4.78 is 179. The van der Waals surface area contributed by atoms with E-state index in [1.165, 1.54) is 0 Å². The first-order chi connectivity index (χ1) is 43.7. The van der Waals surface area contributed by atoms with Crippen molar-refractivity contribution in [2.45, 2.75) is 0 Å². The number of ether oxygens (including phenoxy) is 8. The van der Waals surface area contributed by atoms with Crippen LogP contribution in [0.15, 0.2) is 137 Å². The summed E-state index contributed by atoms with van der Waals surface area (Å²) >= 11 is 0. The Bertz CT molecular complexity index is 2390. The Morgan fingerprint density at radius 2 is 0.271 bits per heavy atom. The average molecular weight is 1640 g/mol. The molecule has 0 N–H and O–H groups in total. The third-order valence-electron chi connectivity index (χ3n) is 10.2. The van der Waals surface area contributed by atoms with Gasteiger partial charge >= 0.3 is 68.3 Å². The molecule has 44 heteroatoms. The molecule has 12 rings (SSSR count). The van der Waals surface area contributed by atoms with Crippen molar-refractivity contribution in [3.8, 4) is 0 Å². The molecule has 0 unspecified atom stereocenters. The fourth-order valence-corrected chi connectivity index (χ4v) is 7.10. The normalized spacial score (nSPS) is 15.2. The van der Waals surface area contributed by atoms with Crippen LogP contribution < -0.4 is 95.0 Å². The molecule has 0 aromatic heterocycles. The van der Waals surface area contributed by atoms with E-state index < -0.39 is 41.0 Å². The fraction of sp³-hybridized carbons (Fsp3) is 0.385. The molecule has 4 aromatic carbocycles. The van der Waals surface area contributed by atoms with Gasteiger partial charge in [-0.3, -0.25) is 0 Å². The maximum atomic E-state index is 8.49. The standard InChI is InChI=1S/4C12H12N2O2.4CH3O.4ClHO4.4Cu/c4*1-2-10(12-14-6-8-16-12)4-3-9(1)11-13-5-7-15-11;4*1-2;4*2-1(3,4)5;;;;/h4*1-4H,5-8H2;4*1H3;4*(H,2,3,4,5);;;;/q;;;;4*-1;;;;;4*+2/p-4. The van der Waals surface area contributed by atoms with Gasteiger partial charge in [0.2, 0.25) is 47.2 Å². The number of nitrogens with zero attached hydrogens (tertiary/aromatic N) is 8. The summed E-state index contributed by atoms with van der Waals surface area (Å²) in [5.74, 6) is 5.90. The van der Waals surface area contributed by atoms with Crippen molar-refractivity contribution in [3.05, 3.63) is 142 Å². The van der Waals surface area contributed by atoms with Crippen LogP contribution in [0.2, 0.25) is 0 Å². The van der Waals surface area contributed by atoms with Gasteiger partial charge in [0.1, 0.15) is 52.9 Å². The van der Waals surface area contributed by atoms with E-state index in [0.29, 0.717) is 52.9 Å². The van der Waals surface area contributed by atoms with Crippen molar-refractivity contribution in [2.24, 2.45) is 39.9 Å². The smallest absolute Gasteiger partial charge is 0.857 e. The summed E-state index contributed by atoms with van der Waals surface area (Å²) in [7, 11) is -16.8. The SMILES string of the molecule is C[O-].C[O-].C[O-].C[O-].[Cu+2].[Cu+2].[Cu+2].[Cu+2].[O-][Cl+3]([O-])([O-])[O-].[O-][Cl+3]([O-])([O-])[O-].[O-][Cl+3]([O-])([O-])[O-].[O-][Cl+3]([O-])([O-])[O-].c1cc(C2=NCCO2)ccc1C1=NCCO1.c1cc(C2=NCCO2)ccc1C1=NCCO1.c1cc(C2=NCCO2)ccc1C1=NCCO1.c1cc(C2=NCCO2)ccc1C1=NCCO1. The molecule has 96 heavy (non-hydrogen) atoms. The number of hydrogen-bond donors (Lipinski definition) is 0. The fourth-order valence-electron chi connectivity index (χ4n) is 7.10. The first-order valence-corrected chi connectivity index (χ1v) is 30.6. The monoisotopic (exact) mass is 1640 g/mol. The van der Waals surface area contributed by atoms with Crippen LogP contribution in [0.4, 0.5) is 0 Å². The molecule has 548 valence electrons. The molecule has 8 aliphatic heterocycles. The summed E-state index contributed by atoms with van der Waals surface area (Å²) in [4.78, 5) is 34.1. The topological polar surface area (TPSA) is 634 Å². The van der Waals surface area contributed by atoms with Gasteiger partial charge in [0.15, 0.2) is 0 Å². The minimum atomic E-state index is -4.94. The molecule has 0 atom stereocenters. The molecule has 36 nitrogen and oxygen atoms in total. The number of rotatable bonds is 8. The van der Waals surface area contributed by atoms with E-state index in [-0.39, 0.29) is 68.3 Å². The third-order valence-corrected chi connectivity index (χ3v) is 10.2. The van der Waals surface area contributed by atoms with Gasteiger partial charge in [-0.15, -0.1) is 41.0 Å². The molecular formula is C52H60Cl4Cu4N8O28. The van der Waals surface area contributed by atoms with Crippen LogP contribution in [0.3, 0.4) is 0 Å². The van der Waals surface area contributed by atoms with Gasteiger partial charge in [0.25, 0.3) is 0 Å². The zero-order valence-electron chi connectivity index (χ0n) is 50.3. The maximum Gasteiger partial charge on any atom is 2.00 e. The van der Waals surface area contributed by atoms with Gasteiger partial charge < -0.3 is 58.3 Å². The van der Waals surface area contributed by atoms with Crippen LogP contribution in [-0.4, -0.2) is 181 Å². The average Bonchev–Trinajstić information content (AvgIpc) is 1.68. The Morgan fingerprint density at radius 3 is 0.323 bits per heavy atom. The van der Waals surface area contributed by atoms with Crippen LogP contribution in [-0.2, 0) is 106 Å². The predicted octanol–water partition coefficient (Wildman–Crippen LogP) is -18.2. The van der Waals surface area contributed by atoms with Gasteiger partial charge in [0, 0.05) is 44.5 Å². The van der Waals surface area contributed by atoms with Crippen LogP contribution >= 0.6 is 0 Å². The summed E-state index contributed by atoms with van der Waals surface area (Å²) in [6, 6.07) is 31.8. The Kier molecular flexibility index (Phi) is 54.8. The van der Waals surface area contributed by atoms with Crippen molar-refractivity contribution in [1.82, 2.24) is 0 Å². The summed E-state index contributed by atoms with van der Waals surface area (Å²) in [6.45, 7) is 11.6. The second-order valence-electron chi connectivity index (χ2n) is 16.1. The number of benzene rings is 4.